The van der Waals surface area contributed by atoms with Crippen molar-refractivity contribution in [1.29, 1.82) is 5.26 Å². The van der Waals surface area contributed by atoms with Crippen molar-refractivity contribution in [3.05, 3.63) is 45.9 Å². The average Bonchev–Trinajstić information content (AvgIpc) is 2.86. The number of H-pyrrole nitrogens is 1. The Hall–Kier alpha value is -2.93. The van der Waals surface area contributed by atoms with Gasteiger partial charge in [-0.25, -0.2) is 4.98 Å². The largest absolute Gasteiger partial charge is 0.332 e. The molecule has 1 aromatic carbocycles. The summed E-state index contributed by atoms with van der Waals surface area (Å²) in [7, 11) is -4.02. The Labute approximate surface area is 119 Å². The number of nitro benzene ring substituents is 1. The molecule has 2 rings (SSSR count). The number of anilines is 1. The summed E-state index contributed by atoms with van der Waals surface area (Å²) in [5, 5.41) is 19.5. The fraction of sp³-hybridized carbons (Fsp3) is 0.0909. The van der Waals surface area contributed by atoms with Crippen LogP contribution in [0.15, 0.2) is 29.4 Å². The minimum Gasteiger partial charge on any atom is -0.332 e. The number of rotatable bonds is 4. The van der Waals surface area contributed by atoms with E-state index in [2.05, 4.69) is 14.7 Å². The Kier molecular flexibility index (Phi) is 3.60. The fourth-order valence-corrected chi connectivity index (χ4v) is 2.62. The molecule has 10 heteroatoms. The maximum absolute atomic E-state index is 12.1. The van der Waals surface area contributed by atoms with Gasteiger partial charge in [-0.2, -0.15) is 13.7 Å². The molecule has 9 nitrogen and oxygen atoms in total. The van der Waals surface area contributed by atoms with Crippen molar-refractivity contribution in [3.8, 4) is 6.07 Å². The van der Waals surface area contributed by atoms with Gasteiger partial charge in [0.05, 0.1) is 22.8 Å². The molecule has 0 aliphatic carbocycles. The fourth-order valence-electron chi connectivity index (χ4n) is 1.57. The van der Waals surface area contributed by atoms with Crippen molar-refractivity contribution < 1.29 is 13.3 Å². The van der Waals surface area contributed by atoms with Crippen molar-refractivity contribution >= 4 is 21.4 Å². The molecule has 0 aliphatic rings. The zero-order chi connectivity index (χ0) is 15.6. The number of imidazole rings is 1. The zero-order valence-corrected chi connectivity index (χ0v) is 11.5. The number of sulfonamides is 1. The van der Waals surface area contributed by atoms with Crippen molar-refractivity contribution in [2.24, 2.45) is 0 Å². The molecule has 0 saturated carbocycles. The molecule has 21 heavy (non-hydrogen) atoms. The maximum Gasteiger partial charge on any atom is 0.294 e. The van der Waals surface area contributed by atoms with Gasteiger partial charge in [-0.1, -0.05) is 0 Å². The van der Waals surface area contributed by atoms with E-state index in [1.165, 1.54) is 6.07 Å². The van der Waals surface area contributed by atoms with E-state index in [9.17, 15) is 18.5 Å². The van der Waals surface area contributed by atoms with Crippen LogP contribution in [0.1, 0.15) is 11.4 Å². The second-order valence-electron chi connectivity index (χ2n) is 4.04. The first-order valence-corrected chi connectivity index (χ1v) is 7.05. The van der Waals surface area contributed by atoms with Crippen LogP contribution in [0.2, 0.25) is 0 Å². The number of benzene rings is 1. The van der Waals surface area contributed by atoms with Crippen molar-refractivity contribution in [3.63, 3.8) is 0 Å². The lowest BCUT2D eigenvalue weighted by Crippen LogP contribution is -2.14. The summed E-state index contributed by atoms with van der Waals surface area (Å²) in [6, 6.07) is 5.19. The molecule has 1 heterocycles. The van der Waals surface area contributed by atoms with Crippen molar-refractivity contribution in [1.82, 2.24) is 9.97 Å². The number of nitriles is 1. The van der Waals surface area contributed by atoms with Crippen LogP contribution in [0.25, 0.3) is 0 Å². The molecule has 2 N–H and O–H groups in total. The standard InChI is InChI=1S/C11H9N5O4S/c1-7-13-6-11(14-7)21(19,20)15-9-3-2-8(5-12)4-10(9)16(17)18/h2-4,6,15H,1H3,(H,13,14). The predicted octanol–water partition coefficient (Wildman–Crippen LogP) is 1.30. The van der Waals surface area contributed by atoms with Crippen LogP contribution < -0.4 is 4.72 Å². The van der Waals surface area contributed by atoms with Gasteiger partial charge in [-0.15, -0.1) is 0 Å². The van der Waals surface area contributed by atoms with Gasteiger partial charge in [0.15, 0.2) is 5.03 Å². The summed E-state index contributed by atoms with van der Waals surface area (Å²) in [5.41, 5.74) is -0.679. The van der Waals surface area contributed by atoms with Crippen LogP contribution >= 0.6 is 0 Å². The number of nitrogens with one attached hydrogen (secondary N) is 2. The van der Waals surface area contributed by atoms with Crippen molar-refractivity contribution in [2.75, 3.05) is 4.72 Å². The van der Waals surface area contributed by atoms with E-state index in [1.807, 2.05) is 0 Å². The summed E-state index contributed by atoms with van der Waals surface area (Å²) < 4.78 is 26.2. The smallest absolute Gasteiger partial charge is 0.294 e. The molecule has 0 saturated heterocycles. The predicted molar refractivity (Wildman–Crippen MR) is 71.9 cm³/mol. The first-order chi connectivity index (χ1) is 9.83. The first kappa shape index (κ1) is 14.5. The molecule has 0 bridgehead atoms. The highest BCUT2D eigenvalue weighted by atomic mass is 32.2. The summed E-state index contributed by atoms with van der Waals surface area (Å²) in [6.07, 6.45) is 1.10. The number of nitrogens with zero attached hydrogens (tertiary/aromatic N) is 3. The monoisotopic (exact) mass is 307 g/mol. The van der Waals surface area contributed by atoms with E-state index in [4.69, 9.17) is 5.26 Å². The number of nitro groups is 1. The maximum atomic E-state index is 12.1. The van der Waals surface area contributed by atoms with Crippen LogP contribution in [0.3, 0.4) is 0 Å². The van der Waals surface area contributed by atoms with E-state index < -0.39 is 20.6 Å². The lowest BCUT2D eigenvalue weighted by molar-refractivity contribution is -0.383. The molecule has 0 amide bonds. The van der Waals surface area contributed by atoms with Crippen LogP contribution in [0.5, 0.6) is 0 Å². The third-order valence-corrected chi connectivity index (χ3v) is 3.81. The molecule has 108 valence electrons. The molecule has 0 radical (unpaired) electrons. The van der Waals surface area contributed by atoms with Crippen molar-refractivity contribution in [2.45, 2.75) is 11.9 Å². The van der Waals surface area contributed by atoms with Crippen LogP contribution in [0.4, 0.5) is 11.4 Å². The average molecular weight is 307 g/mol. The van der Waals surface area contributed by atoms with Gasteiger partial charge in [0.1, 0.15) is 11.5 Å². The lowest BCUT2D eigenvalue weighted by atomic mass is 10.2. The number of hydrogen-bond acceptors (Lipinski definition) is 6. The third kappa shape index (κ3) is 2.98. The highest BCUT2D eigenvalue weighted by Gasteiger charge is 2.22. The third-order valence-electron chi connectivity index (χ3n) is 2.54. The molecule has 0 unspecified atom stereocenters. The van der Waals surface area contributed by atoms with Gasteiger partial charge in [0.2, 0.25) is 0 Å². The summed E-state index contributed by atoms with van der Waals surface area (Å²) >= 11 is 0. The first-order valence-electron chi connectivity index (χ1n) is 5.56. The zero-order valence-electron chi connectivity index (χ0n) is 10.7. The lowest BCUT2D eigenvalue weighted by Gasteiger charge is -2.06. The van der Waals surface area contributed by atoms with E-state index in [-0.39, 0.29) is 16.3 Å². The van der Waals surface area contributed by atoms with Gasteiger partial charge in [0.25, 0.3) is 15.7 Å². The van der Waals surface area contributed by atoms with E-state index in [0.29, 0.717) is 5.82 Å². The van der Waals surface area contributed by atoms with Gasteiger partial charge in [0, 0.05) is 6.07 Å². The quantitative estimate of drug-likeness (QED) is 0.644. The van der Waals surface area contributed by atoms with Gasteiger partial charge in [-0.3, -0.25) is 14.8 Å². The molecule has 1 aromatic heterocycles. The Balaban J connectivity index is 2.44. The minimum absolute atomic E-state index is 0.0574. The summed E-state index contributed by atoms with van der Waals surface area (Å²) in [4.78, 5) is 16.5. The molecule has 0 spiro atoms. The van der Waals surface area contributed by atoms with E-state index >= 15 is 0 Å². The Bertz CT molecular complexity index is 850. The summed E-state index contributed by atoms with van der Waals surface area (Å²) in [5.74, 6) is 0.393. The summed E-state index contributed by atoms with van der Waals surface area (Å²) in [6.45, 7) is 1.57. The second-order valence-corrected chi connectivity index (χ2v) is 5.69. The van der Waals surface area contributed by atoms with Crippen LogP contribution in [-0.4, -0.2) is 23.3 Å². The second kappa shape index (κ2) is 5.22. The highest BCUT2D eigenvalue weighted by Crippen LogP contribution is 2.27. The van der Waals surface area contributed by atoms with Gasteiger partial charge in [-0.05, 0) is 19.1 Å². The molecular formula is C11H9N5O4S. The van der Waals surface area contributed by atoms with Gasteiger partial charge >= 0.3 is 0 Å². The van der Waals surface area contributed by atoms with E-state index in [1.54, 1.807) is 13.0 Å². The Morgan fingerprint density at radius 2 is 2.19 bits per heavy atom. The molecule has 0 atom stereocenters. The molecular weight excluding hydrogens is 298 g/mol. The number of aromatic amines is 1. The number of aryl methyl sites for hydroxylation is 1. The normalized spacial score (nSPS) is 10.9. The molecule has 2 aromatic rings. The Morgan fingerprint density at radius 3 is 2.71 bits per heavy atom. The highest BCUT2D eigenvalue weighted by molar-refractivity contribution is 7.92. The number of aromatic nitrogens is 2. The van der Waals surface area contributed by atoms with E-state index in [0.717, 1.165) is 18.3 Å². The van der Waals surface area contributed by atoms with Crippen LogP contribution in [-0.2, 0) is 10.0 Å². The number of hydrogen-bond donors (Lipinski definition) is 2. The SMILES string of the molecule is Cc1ncc(S(=O)(=O)Nc2ccc(C#N)cc2[N+](=O)[O-])[nH]1. The van der Waals surface area contributed by atoms with Gasteiger partial charge < -0.3 is 4.98 Å². The minimum atomic E-state index is -4.02. The van der Waals surface area contributed by atoms with Crippen LogP contribution in [0, 0.1) is 28.4 Å². The Morgan fingerprint density at radius 1 is 1.48 bits per heavy atom. The molecule has 0 fully saturated rings. The topological polar surface area (TPSA) is 142 Å². The molecule has 0 aliphatic heterocycles.